The van der Waals surface area contributed by atoms with Crippen LogP contribution in [-0.2, 0) is 5.41 Å². The Kier molecular flexibility index (Phi) is 5.44. The Morgan fingerprint density at radius 2 is 1.23 bits per heavy atom. The average Bonchev–Trinajstić information content (AvgIpc) is 3.69. The largest absolute Gasteiger partial charge is 0.464 e. The first-order chi connectivity index (χ1) is 21.6. The SMILES string of the molecule is CC1(C)c2cc(-c3c4ccccc4c(-c4ccccc4)c4ccc(-c5ccco5)cc34)c3ccccc3c2C2C=CC=CC21. The van der Waals surface area contributed by atoms with Crippen molar-refractivity contribution in [2.75, 3.05) is 0 Å². The molecule has 44 heavy (non-hydrogen) atoms. The van der Waals surface area contributed by atoms with E-state index >= 15 is 0 Å². The van der Waals surface area contributed by atoms with E-state index in [2.05, 4.69) is 147 Å². The van der Waals surface area contributed by atoms with E-state index in [1.54, 1.807) is 6.26 Å². The third-order valence-electron chi connectivity index (χ3n) is 10.2. The van der Waals surface area contributed by atoms with Crippen LogP contribution < -0.4 is 0 Å². The maximum Gasteiger partial charge on any atom is 0.133 e. The summed E-state index contributed by atoms with van der Waals surface area (Å²) < 4.78 is 5.92. The molecule has 210 valence electrons. The Balaban J connectivity index is 1.47. The van der Waals surface area contributed by atoms with Crippen LogP contribution >= 0.6 is 0 Å². The van der Waals surface area contributed by atoms with E-state index < -0.39 is 0 Å². The summed E-state index contributed by atoms with van der Waals surface area (Å²) in [6.45, 7) is 4.87. The van der Waals surface area contributed by atoms with Crippen molar-refractivity contribution in [2.24, 2.45) is 5.92 Å². The van der Waals surface area contributed by atoms with Gasteiger partial charge in [0.2, 0.25) is 0 Å². The van der Waals surface area contributed by atoms with Crippen LogP contribution in [0.4, 0.5) is 0 Å². The van der Waals surface area contributed by atoms with Gasteiger partial charge < -0.3 is 4.42 Å². The average molecular weight is 565 g/mol. The van der Waals surface area contributed by atoms with Gasteiger partial charge in [-0.2, -0.15) is 0 Å². The van der Waals surface area contributed by atoms with Crippen LogP contribution in [0, 0.1) is 5.92 Å². The monoisotopic (exact) mass is 564 g/mol. The van der Waals surface area contributed by atoms with Crippen molar-refractivity contribution >= 4 is 32.3 Å². The van der Waals surface area contributed by atoms with Crippen LogP contribution in [0.15, 0.2) is 150 Å². The van der Waals surface area contributed by atoms with E-state index in [-0.39, 0.29) is 5.41 Å². The molecule has 1 heteroatoms. The maximum atomic E-state index is 5.92. The highest BCUT2D eigenvalue weighted by Gasteiger charge is 2.45. The van der Waals surface area contributed by atoms with Gasteiger partial charge >= 0.3 is 0 Å². The molecule has 0 aliphatic heterocycles. The van der Waals surface area contributed by atoms with Gasteiger partial charge in [-0.05, 0) is 101 Å². The zero-order chi connectivity index (χ0) is 29.4. The van der Waals surface area contributed by atoms with Crippen LogP contribution in [0.1, 0.15) is 30.9 Å². The van der Waals surface area contributed by atoms with Crippen LogP contribution in [0.5, 0.6) is 0 Å². The molecule has 0 amide bonds. The highest BCUT2D eigenvalue weighted by molar-refractivity contribution is 6.24. The van der Waals surface area contributed by atoms with Gasteiger partial charge in [-0.25, -0.2) is 0 Å². The van der Waals surface area contributed by atoms with Gasteiger partial charge in [-0.1, -0.05) is 129 Å². The molecule has 1 heterocycles. The fraction of sp³-hybridized carbons (Fsp3) is 0.116. The highest BCUT2D eigenvalue weighted by atomic mass is 16.3. The summed E-state index contributed by atoms with van der Waals surface area (Å²) >= 11 is 0. The Morgan fingerprint density at radius 3 is 2.00 bits per heavy atom. The highest BCUT2D eigenvalue weighted by Crippen LogP contribution is 2.57. The lowest BCUT2D eigenvalue weighted by atomic mass is 9.74. The second-order valence-electron chi connectivity index (χ2n) is 12.9. The van der Waals surface area contributed by atoms with Crippen LogP contribution in [0.25, 0.3) is 65.9 Å². The van der Waals surface area contributed by atoms with Gasteiger partial charge in [0.25, 0.3) is 0 Å². The number of rotatable bonds is 3. The molecule has 2 unspecified atom stereocenters. The van der Waals surface area contributed by atoms with Crippen molar-refractivity contribution < 1.29 is 4.42 Å². The van der Waals surface area contributed by atoms with Gasteiger partial charge in [0.15, 0.2) is 0 Å². The van der Waals surface area contributed by atoms with Crippen molar-refractivity contribution in [1.29, 1.82) is 0 Å². The van der Waals surface area contributed by atoms with E-state index in [4.69, 9.17) is 4.42 Å². The second-order valence-corrected chi connectivity index (χ2v) is 12.9. The van der Waals surface area contributed by atoms with Gasteiger partial charge in [0.05, 0.1) is 6.26 Å². The van der Waals surface area contributed by atoms with Crippen molar-refractivity contribution in [1.82, 2.24) is 0 Å². The lowest BCUT2D eigenvalue weighted by Gasteiger charge is -2.29. The van der Waals surface area contributed by atoms with E-state index in [1.165, 1.54) is 65.7 Å². The smallest absolute Gasteiger partial charge is 0.133 e. The van der Waals surface area contributed by atoms with Crippen LogP contribution in [-0.4, -0.2) is 0 Å². The predicted octanol–water partition coefficient (Wildman–Crippen LogP) is 11.9. The molecule has 1 aromatic heterocycles. The molecule has 9 rings (SSSR count). The first-order valence-corrected chi connectivity index (χ1v) is 15.6. The number of allylic oxidation sites excluding steroid dienone is 4. The molecule has 0 spiro atoms. The molecule has 0 saturated heterocycles. The molecule has 0 bridgehead atoms. The van der Waals surface area contributed by atoms with E-state index in [1.807, 2.05) is 6.07 Å². The minimum Gasteiger partial charge on any atom is -0.464 e. The van der Waals surface area contributed by atoms with Gasteiger partial charge in [-0.3, -0.25) is 0 Å². The molecule has 2 aliphatic carbocycles. The molecule has 7 aromatic rings. The molecular formula is C43H32O. The molecule has 0 radical (unpaired) electrons. The Morgan fingerprint density at radius 1 is 0.545 bits per heavy atom. The lowest BCUT2D eigenvalue weighted by molar-refractivity contribution is 0.394. The van der Waals surface area contributed by atoms with Crippen LogP contribution in [0.2, 0.25) is 0 Å². The first-order valence-electron chi connectivity index (χ1n) is 15.6. The zero-order valence-corrected chi connectivity index (χ0v) is 24.9. The quantitative estimate of drug-likeness (QED) is 0.195. The minimum absolute atomic E-state index is 0.00889. The van der Waals surface area contributed by atoms with E-state index in [0.29, 0.717) is 11.8 Å². The fourth-order valence-electron chi connectivity index (χ4n) is 8.23. The third-order valence-corrected chi connectivity index (χ3v) is 10.2. The second kappa shape index (κ2) is 9.43. The number of fused-ring (bicyclic) bond motifs is 7. The molecule has 0 fully saturated rings. The number of furan rings is 1. The van der Waals surface area contributed by atoms with Crippen molar-refractivity contribution in [3.8, 4) is 33.6 Å². The van der Waals surface area contributed by atoms with Crippen molar-refractivity contribution in [2.45, 2.75) is 25.2 Å². The molecule has 6 aromatic carbocycles. The summed E-state index contributed by atoms with van der Waals surface area (Å²) in [5, 5.41) is 7.72. The molecule has 0 N–H and O–H groups in total. The molecule has 2 atom stereocenters. The Bertz CT molecular complexity index is 2300. The summed E-state index contributed by atoms with van der Waals surface area (Å²) in [6, 6.07) is 42.3. The Hall–Kier alpha value is -5.14. The summed E-state index contributed by atoms with van der Waals surface area (Å²) in [7, 11) is 0. The standard InChI is InChI=1S/C43H32O/c1-43(2)37-20-11-10-19-34(37)42-30-16-7-6-15-29(30)36(26-38(42)43)41-32-18-9-8-17-31(32)40(27-13-4-3-5-14-27)33-23-22-28(25-35(33)41)39-21-12-24-44-39/h3-26,34,37H,1-2H3. The first kappa shape index (κ1) is 25.4. The lowest BCUT2D eigenvalue weighted by Crippen LogP contribution is -2.24. The van der Waals surface area contributed by atoms with E-state index in [0.717, 1.165) is 11.3 Å². The molecule has 1 nitrogen and oxygen atoms in total. The van der Waals surface area contributed by atoms with Gasteiger partial charge in [0.1, 0.15) is 5.76 Å². The summed E-state index contributed by atoms with van der Waals surface area (Å²) in [5.41, 5.74) is 9.15. The van der Waals surface area contributed by atoms with E-state index in [9.17, 15) is 0 Å². The zero-order valence-electron chi connectivity index (χ0n) is 24.9. The van der Waals surface area contributed by atoms with Crippen molar-refractivity contribution in [3.63, 3.8) is 0 Å². The van der Waals surface area contributed by atoms with Crippen LogP contribution in [0.3, 0.4) is 0 Å². The number of benzene rings is 6. The summed E-state index contributed by atoms with van der Waals surface area (Å²) in [6.07, 6.45) is 11.1. The predicted molar refractivity (Wildman–Crippen MR) is 185 cm³/mol. The fourth-order valence-corrected chi connectivity index (χ4v) is 8.23. The van der Waals surface area contributed by atoms with Crippen molar-refractivity contribution in [3.05, 3.63) is 157 Å². The maximum absolute atomic E-state index is 5.92. The van der Waals surface area contributed by atoms with Gasteiger partial charge in [0, 0.05) is 11.5 Å². The molecule has 0 saturated carbocycles. The molecular weight excluding hydrogens is 532 g/mol. The minimum atomic E-state index is 0.00889. The topological polar surface area (TPSA) is 13.1 Å². The van der Waals surface area contributed by atoms with Gasteiger partial charge in [-0.15, -0.1) is 0 Å². The molecule has 2 aliphatic rings. The number of hydrogen-bond acceptors (Lipinski definition) is 1. The summed E-state index contributed by atoms with van der Waals surface area (Å²) in [5.74, 6) is 1.72. The normalized spacial score (nSPS) is 18.2. The summed E-state index contributed by atoms with van der Waals surface area (Å²) in [4.78, 5) is 0. The third kappa shape index (κ3) is 3.53. The number of hydrogen-bond donors (Lipinski definition) is 0. The Labute approximate surface area is 257 Å².